The predicted octanol–water partition coefficient (Wildman–Crippen LogP) is 2.30. The molecule has 0 radical (unpaired) electrons. The zero-order chi connectivity index (χ0) is 20.5. The number of amides is 3. The van der Waals surface area contributed by atoms with Gasteiger partial charge in [-0.25, -0.2) is 4.79 Å². The number of nitrogens with zero attached hydrogens (tertiary/aromatic N) is 2. The van der Waals surface area contributed by atoms with Gasteiger partial charge in [0.15, 0.2) is 0 Å². The molecule has 3 amide bonds. The summed E-state index contributed by atoms with van der Waals surface area (Å²) < 4.78 is 5.78. The lowest BCUT2D eigenvalue weighted by molar-refractivity contribution is -0.121. The van der Waals surface area contributed by atoms with Crippen molar-refractivity contribution in [1.82, 2.24) is 20.5 Å². The third-order valence-corrected chi connectivity index (χ3v) is 4.79. The number of hydrogen-bond acceptors (Lipinski definition) is 4. The van der Waals surface area contributed by atoms with Crippen LogP contribution in [0, 0.1) is 0 Å². The molecule has 154 valence electrons. The standard InChI is InChI=1S/C22H28N4O3/c1-2-23-22(28)26-13-14-29-20-8-6-17(15-18(20)16-26)7-9-21(27)25-12-10-19-5-3-4-11-24-19/h3-6,8,11,15H,2,7,9-10,12-14,16H2,1H3,(H,23,28)(H,25,27). The van der Waals surface area contributed by atoms with E-state index in [1.807, 2.05) is 43.3 Å². The second-order valence-corrected chi connectivity index (χ2v) is 6.97. The van der Waals surface area contributed by atoms with Crippen LogP contribution in [0.3, 0.4) is 0 Å². The Hall–Kier alpha value is -3.09. The molecule has 1 aromatic carbocycles. The smallest absolute Gasteiger partial charge is 0.317 e. The van der Waals surface area contributed by atoms with Crippen molar-refractivity contribution in [2.75, 3.05) is 26.2 Å². The van der Waals surface area contributed by atoms with E-state index in [1.54, 1.807) is 11.1 Å². The number of carbonyl (C=O) groups is 2. The SMILES string of the molecule is CCNC(=O)N1CCOc2ccc(CCC(=O)NCCc3ccccn3)cc2C1. The minimum Gasteiger partial charge on any atom is -0.491 e. The average molecular weight is 396 g/mol. The Morgan fingerprint density at radius 2 is 2.07 bits per heavy atom. The Bertz CT molecular complexity index is 826. The number of carbonyl (C=O) groups excluding carboxylic acids is 2. The summed E-state index contributed by atoms with van der Waals surface area (Å²) >= 11 is 0. The van der Waals surface area contributed by atoms with Gasteiger partial charge in [-0.05, 0) is 37.1 Å². The monoisotopic (exact) mass is 396 g/mol. The van der Waals surface area contributed by atoms with Crippen molar-refractivity contribution in [2.45, 2.75) is 32.7 Å². The largest absolute Gasteiger partial charge is 0.491 e. The number of benzene rings is 1. The molecule has 7 heteroatoms. The number of pyridine rings is 1. The molecule has 0 bridgehead atoms. The van der Waals surface area contributed by atoms with Crippen LogP contribution in [0.15, 0.2) is 42.6 Å². The fourth-order valence-corrected chi connectivity index (χ4v) is 3.26. The third-order valence-electron chi connectivity index (χ3n) is 4.79. The van der Waals surface area contributed by atoms with Gasteiger partial charge in [0.1, 0.15) is 12.4 Å². The Balaban J connectivity index is 1.50. The molecule has 1 aliphatic heterocycles. The highest BCUT2D eigenvalue weighted by atomic mass is 16.5. The molecule has 0 saturated heterocycles. The molecule has 0 atom stereocenters. The van der Waals surface area contributed by atoms with Gasteiger partial charge in [-0.1, -0.05) is 18.2 Å². The van der Waals surface area contributed by atoms with Crippen molar-refractivity contribution in [1.29, 1.82) is 0 Å². The molecule has 29 heavy (non-hydrogen) atoms. The number of urea groups is 1. The maximum absolute atomic E-state index is 12.2. The molecule has 7 nitrogen and oxygen atoms in total. The number of ether oxygens (including phenoxy) is 1. The summed E-state index contributed by atoms with van der Waals surface area (Å²) in [7, 11) is 0. The summed E-state index contributed by atoms with van der Waals surface area (Å²) in [6.45, 7) is 4.61. The van der Waals surface area contributed by atoms with Gasteiger partial charge in [0, 0.05) is 43.4 Å². The Morgan fingerprint density at radius 1 is 1.17 bits per heavy atom. The van der Waals surface area contributed by atoms with Gasteiger partial charge >= 0.3 is 6.03 Å². The van der Waals surface area contributed by atoms with E-state index in [9.17, 15) is 9.59 Å². The van der Waals surface area contributed by atoms with Gasteiger partial charge in [0.2, 0.25) is 5.91 Å². The quantitative estimate of drug-likeness (QED) is 0.752. The number of aromatic nitrogens is 1. The minimum atomic E-state index is -0.0818. The van der Waals surface area contributed by atoms with Crippen LogP contribution in [-0.2, 0) is 24.2 Å². The topological polar surface area (TPSA) is 83.6 Å². The van der Waals surface area contributed by atoms with Crippen LogP contribution in [0.5, 0.6) is 5.75 Å². The van der Waals surface area contributed by atoms with E-state index in [4.69, 9.17) is 4.74 Å². The zero-order valence-corrected chi connectivity index (χ0v) is 16.8. The molecule has 3 rings (SSSR count). The van der Waals surface area contributed by atoms with Crippen molar-refractivity contribution in [3.8, 4) is 5.75 Å². The van der Waals surface area contributed by atoms with Crippen LogP contribution in [0.1, 0.15) is 30.2 Å². The highest BCUT2D eigenvalue weighted by Gasteiger charge is 2.19. The lowest BCUT2D eigenvalue weighted by Gasteiger charge is -2.20. The average Bonchev–Trinajstić information content (AvgIpc) is 2.95. The highest BCUT2D eigenvalue weighted by Crippen LogP contribution is 2.25. The van der Waals surface area contributed by atoms with E-state index >= 15 is 0 Å². The maximum atomic E-state index is 12.2. The van der Waals surface area contributed by atoms with Crippen molar-refractivity contribution < 1.29 is 14.3 Å². The van der Waals surface area contributed by atoms with E-state index in [0.29, 0.717) is 45.6 Å². The Morgan fingerprint density at radius 3 is 2.86 bits per heavy atom. The van der Waals surface area contributed by atoms with Crippen molar-refractivity contribution in [3.63, 3.8) is 0 Å². The number of aryl methyl sites for hydroxylation is 1. The predicted molar refractivity (Wildman–Crippen MR) is 111 cm³/mol. The fourth-order valence-electron chi connectivity index (χ4n) is 3.26. The second-order valence-electron chi connectivity index (χ2n) is 6.97. The fraction of sp³-hybridized carbons (Fsp3) is 0.409. The molecule has 1 aliphatic rings. The van der Waals surface area contributed by atoms with Crippen molar-refractivity contribution in [3.05, 3.63) is 59.4 Å². The third kappa shape index (κ3) is 6.20. The van der Waals surface area contributed by atoms with Crippen LogP contribution in [0.25, 0.3) is 0 Å². The van der Waals surface area contributed by atoms with Crippen molar-refractivity contribution >= 4 is 11.9 Å². The summed E-state index contributed by atoms with van der Waals surface area (Å²) in [6, 6.07) is 11.7. The van der Waals surface area contributed by atoms with E-state index < -0.39 is 0 Å². The first-order valence-electron chi connectivity index (χ1n) is 10.1. The van der Waals surface area contributed by atoms with E-state index in [1.165, 1.54) is 0 Å². The molecular formula is C22H28N4O3. The second kappa shape index (κ2) is 10.5. The summed E-state index contributed by atoms with van der Waals surface area (Å²) in [4.78, 5) is 30.3. The minimum absolute atomic E-state index is 0.0241. The van der Waals surface area contributed by atoms with Gasteiger partial charge in [0.05, 0.1) is 13.1 Å². The molecule has 0 spiro atoms. The molecular weight excluding hydrogens is 368 g/mol. The first-order valence-corrected chi connectivity index (χ1v) is 10.1. The molecule has 2 heterocycles. The molecule has 0 aliphatic carbocycles. The summed E-state index contributed by atoms with van der Waals surface area (Å²) in [5.74, 6) is 0.830. The normalized spacial score (nSPS) is 13.1. The number of fused-ring (bicyclic) bond motifs is 1. The number of hydrogen-bond donors (Lipinski definition) is 2. The lowest BCUT2D eigenvalue weighted by Crippen LogP contribution is -2.40. The van der Waals surface area contributed by atoms with Crippen LogP contribution < -0.4 is 15.4 Å². The van der Waals surface area contributed by atoms with Gasteiger partial charge in [0.25, 0.3) is 0 Å². The van der Waals surface area contributed by atoms with Crippen LogP contribution in [-0.4, -0.2) is 48.1 Å². The van der Waals surface area contributed by atoms with Gasteiger partial charge < -0.3 is 20.3 Å². The van der Waals surface area contributed by atoms with Crippen LogP contribution in [0.4, 0.5) is 4.79 Å². The molecule has 0 saturated carbocycles. The molecule has 0 unspecified atom stereocenters. The molecule has 0 fully saturated rings. The lowest BCUT2D eigenvalue weighted by atomic mass is 10.0. The first kappa shape index (κ1) is 20.6. The molecule has 2 N–H and O–H groups in total. The van der Waals surface area contributed by atoms with Crippen LogP contribution in [0.2, 0.25) is 0 Å². The summed E-state index contributed by atoms with van der Waals surface area (Å²) in [6.07, 6.45) is 3.54. The van der Waals surface area contributed by atoms with Gasteiger partial charge in [-0.15, -0.1) is 0 Å². The van der Waals surface area contributed by atoms with Crippen molar-refractivity contribution in [2.24, 2.45) is 0 Å². The molecule has 1 aromatic heterocycles. The van der Waals surface area contributed by atoms with E-state index in [-0.39, 0.29) is 11.9 Å². The van der Waals surface area contributed by atoms with Gasteiger partial charge in [-0.2, -0.15) is 0 Å². The maximum Gasteiger partial charge on any atom is 0.317 e. The summed E-state index contributed by atoms with van der Waals surface area (Å²) in [5.41, 5.74) is 3.00. The first-order chi connectivity index (χ1) is 14.2. The zero-order valence-electron chi connectivity index (χ0n) is 16.8. The number of rotatable bonds is 7. The number of nitrogens with one attached hydrogen (secondary N) is 2. The van der Waals surface area contributed by atoms with Crippen LogP contribution >= 0.6 is 0 Å². The summed E-state index contributed by atoms with van der Waals surface area (Å²) in [5, 5.41) is 5.78. The Kier molecular flexibility index (Phi) is 7.44. The Labute approximate surface area is 171 Å². The van der Waals surface area contributed by atoms with E-state index in [0.717, 1.165) is 29.0 Å². The molecule has 2 aromatic rings. The van der Waals surface area contributed by atoms with E-state index in [2.05, 4.69) is 15.6 Å². The highest BCUT2D eigenvalue weighted by molar-refractivity contribution is 5.76. The van der Waals surface area contributed by atoms with Gasteiger partial charge in [-0.3, -0.25) is 9.78 Å².